The number of hydrogen-bond acceptors (Lipinski definition) is 5. The molecule has 0 fully saturated rings. The molecule has 3 aromatic rings. The third-order valence-corrected chi connectivity index (χ3v) is 5.31. The highest BCUT2D eigenvalue weighted by Crippen LogP contribution is 2.36. The molecule has 0 aliphatic rings. The number of hydrogen-bond donors (Lipinski definition) is 0. The van der Waals surface area contributed by atoms with Gasteiger partial charge in [-0.3, -0.25) is 0 Å². The molecular weight excluding hydrogens is 336 g/mol. The lowest BCUT2D eigenvalue weighted by molar-refractivity contribution is 0.415. The van der Waals surface area contributed by atoms with E-state index in [0.717, 1.165) is 38.2 Å². The first-order valence-corrected chi connectivity index (χ1v) is 9.39. The van der Waals surface area contributed by atoms with Gasteiger partial charge in [-0.05, 0) is 47.5 Å². The molecule has 0 N–H and O–H groups in total. The molecular formula is C19H16N2OS2. The Balaban J connectivity index is 2.17. The molecule has 0 aliphatic heterocycles. The van der Waals surface area contributed by atoms with Crippen molar-refractivity contribution in [3.05, 3.63) is 53.4 Å². The fourth-order valence-corrected chi connectivity index (χ4v) is 3.89. The van der Waals surface area contributed by atoms with Crippen LogP contribution in [-0.4, -0.2) is 17.8 Å². The summed E-state index contributed by atoms with van der Waals surface area (Å²) in [5.74, 6) is 1.69. The number of rotatable bonds is 5. The number of thioether (sulfide) groups is 1. The van der Waals surface area contributed by atoms with Gasteiger partial charge in [0.05, 0.1) is 18.4 Å². The van der Waals surface area contributed by atoms with E-state index >= 15 is 0 Å². The fraction of sp³-hybridized carbons (Fsp3) is 0.158. The van der Waals surface area contributed by atoms with Crippen LogP contribution in [-0.2, 0) is 0 Å². The largest absolute Gasteiger partial charge is 0.497 e. The second-order valence-electron chi connectivity index (χ2n) is 4.99. The molecule has 0 spiro atoms. The summed E-state index contributed by atoms with van der Waals surface area (Å²) in [6, 6.07) is 16.2. The Morgan fingerprint density at radius 3 is 2.62 bits per heavy atom. The van der Waals surface area contributed by atoms with E-state index in [0.29, 0.717) is 5.56 Å². The predicted octanol–water partition coefficient (Wildman–Crippen LogP) is 5.47. The van der Waals surface area contributed by atoms with Gasteiger partial charge in [-0.1, -0.05) is 13.0 Å². The molecule has 5 heteroatoms. The van der Waals surface area contributed by atoms with E-state index in [4.69, 9.17) is 9.72 Å². The Kier molecular flexibility index (Phi) is 5.19. The highest BCUT2D eigenvalue weighted by molar-refractivity contribution is 7.99. The van der Waals surface area contributed by atoms with Crippen LogP contribution in [0.3, 0.4) is 0 Å². The van der Waals surface area contributed by atoms with Crippen LogP contribution in [0.1, 0.15) is 12.5 Å². The maximum Gasteiger partial charge on any atom is 0.118 e. The summed E-state index contributed by atoms with van der Waals surface area (Å²) < 4.78 is 5.22. The zero-order valence-corrected chi connectivity index (χ0v) is 15.1. The number of ether oxygens (including phenoxy) is 1. The van der Waals surface area contributed by atoms with E-state index < -0.39 is 0 Å². The summed E-state index contributed by atoms with van der Waals surface area (Å²) >= 11 is 3.23. The van der Waals surface area contributed by atoms with Gasteiger partial charge in [-0.2, -0.15) is 5.26 Å². The number of methoxy groups -OCH3 is 1. The van der Waals surface area contributed by atoms with Gasteiger partial charge in [-0.25, -0.2) is 4.98 Å². The zero-order valence-electron chi connectivity index (χ0n) is 13.4. The quantitative estimate of drug-likeness (QED) is 0.571. The highest BCUT2D eigenvalue weighted by atomic mass is 32.2. The fourth-order valence-electron chi connectivity index (χ4n) is 2.41. The molecule has 0 saturated heterocycles. The molecule has 0 bridgehead atoms. The van der Waals surface area contributed by atoms with Crippen LogP contribution < -0.4 is 4.74 Å². The second-order valence-corrected chi connectivity index (χ2v) is 7.19. The molecule has 3 nitrogen and oxygen atoms in total. The number of thiophene rings is 1. The molecule has 1 aromatic carbocycles. The van der Waals surface area contributed by atoms with E-state index in [9.17, 15) is 5.26 Å². The summed E-state index contributed by atoms with van der Waals surface area (Å²) in [5.41, 5.74) is 3.48. The van der Waals surface area contributed by atoms with Crippen LogP contribution in [0.2, 0.25) is 0 Å². The first kappa shape index (κ1) is 16.6. The van der Waals surface area contributed by atoms with Crippen LogP contribution in [0.25, 0.3) is 21.7 Å². The first-order valence-electron chi connectivity index (χ1n) is 7.53. The van der Waals surface area contributed by atoms with Crippen molar-refractivity contribution in [1.29, 1.82) is 5.26 Å². The van der Waals surface area contributed by atoms with Crippen molar-refractivity contribution in [2.24, 2.45) is 0 Å². The van der Waals surface area contributed by atoms with Crippen LogP contribution in [0.4, 0.5) is 0 Å². The second kappa shape index (κ2) is 7.52. The summed E-state index contributed by atoms with van der Waals surface area (Å²) in [7, 11) is 1.65. The van der Waals surface area contributed by atoms with Crippen molar-refractivity contribution >= 4 is 23.1 Å². The smallest absolute Gasteiger partial charge is 0.118 e. The van der Waals surface area contributed by atoms with E-state index in [1.54, 1.807) is 30.2 Å². The number of pyridine rings is 1. The minimum atomic E-state index is 0.654. The summed E-state index contributed by atoms with van der Waals surface area (Å²) in [6.45, 7) is 2.07. The number of nitriles is 1. The lowest BCUT2D eigenvalue weighted by Crippen LogP contribution is -1.95. The highest BCUT2D eigenvalue weighted by Gasteiger charge is 2.16. The standard InChI is InChI=1S/C19H16N2OS2/c1-3-23-19-16(12-20)15(18-5-4-10-24-18)11-17(21-19)13-6-8-14(22-2)9-7-13/h4-11H,3H2,1-2H3. The normalized spacial score (nSPS) is 10.4. The summed E-state index contributed by atoms with van der Waals surface area (Å²) in [6.07, 6.45) is 0. The molecule has 0 atom stereocenters. The van der Waals surface area contributed by atoms with E-state index in [1.165, 1.54) is 0 Å². The third-order valence-electron chi connectivity index (χ3n) is 3.55. The van der Waals surface area contributed by atoms with Gasteiger partial charge < -0.3 is 4.74 Å². The van der Waals surface area contributed by atoms with Crippen molar-refractivity contribution in [3.8, 4) is 33.5 Å². The molecule has 3 rings (SSSR count). The molecule has 0 aliphatic carbocycles. The Morgan fingerprint density at radius 2 is 2.04 bits per heavy atom. The Hall–Kier alpha value is -2.29. The first-order chi connectivity index (χ1) is 11.8. The van der Waals surface area contributed by atoms with Crippen molar-refractivity contribution in [2.75, 3.05) is 12.9 Å². The Labute approximate surface area is 149 Å². The van der Waals surface area contributed by atoms with Crippen LogP contribution >= 0.6 is 23.1 Å². The van der Waals surface area contributed by atoms with Gasteiger partial charge in [0.25, 0.3) is 0 Å². The van der Waals surface area contributed by atoms with Crippen LogP contribution in [0.15, 0.2) is 52.9 Å². The molecule has 2 aromatic heterocycles. The maximum atomic E-state index is 9.64. The van der Waals surface area contributed by atoms with Crippen molar-refractivity contribution in [3.63, 3.8) is 0 Å². The minimum Gasteiger partial charge on any atom is -0.497 e. The number of benzene rings is 1. The average Bonchev–Trinajstić information content (AvgIpc) is 3.16. The SMILES string of the molecule is CCSc1nc(-c2ccc(OC)cc2)cc(-c2cccs2)c1C#N. The molecule has 0 amide bonds. The summed E-state index contributed by atoms with van der Waals surface area (Å²) in [4.78, 5) is 5.82. The van der Waals surface area contributed by atoms with Crippen LogP contribution in [0, 0.1) is 11.3 Å². The minimum absolute atomic E-state index is 0.654. The monoisotopic (exact) mass is 352 g/mol. The van der Waals surface area contributed by atoms with E-state index in [2.05, 4.69) is 13.0 Å². The molecule has 120 valence electrons. The topological polar surface area (TPSA) is 45.9 Å². The molecule has 2 heterocycles. The summed E-state index contributed by atoms with van der Waals surface area (Å²) in [5, 5.41) is 12.5. The van der Waals surface area contributed by atoms with E-state index in [1.807, 2.05) is 47.8 Å². The predicted molar refractivity (Wildman–Crippen MR) is 101 cm³/mol. The molecule has 0 radical (unpaired) electrons. The zero-order chi connectivity index (χ0) is 16.9. The number of aromatic nitrogens is 1. The molecule has 24 heavy (non-hydrogen) atoms. The van der Waals surface area contributed by atoms with E-state index in [-0.39, 0.29) is 0 Å². The van der Waals surface area contributed by atoms with Gasteiger partial charge in [0.1, 0.15) is 16.8 Å². The van der Waals surface area contributed by atoms with Gasteiger partial charge in [0.15, 0.2) is 0 Å². The average molecular weight is 352 g/mol. The lowest BCUT2D eigenvalue weighted by atomic mass is 10.0. The van der Waals surface area contributed by atoms with Gasteiger partial charge >= 0.3 is 0 Å². The van der Waals surface area contributed by atoms with Gasteiger partial charge in [-0.15, -0.1) is 23.1 Å². The lowest BCUT2D eigenvalue weighted by Gasteiger charge is -2.11. The number of nitrogens with zero attached hydrogens (tertiary/aromatic N) is 2. The van der Waals surface area contributed by atoms with Crippen LogP contribution in [0.5, 0.6) is 5.75 Å². The molecule has 0 saturated carbocycles. The van der Waals surface area contributed by atoms with Gasteiger partial charge in [0.2, 0.25) is 0 Å². The Bertz CT molecular complexity index is 866. The van der Waals surface area contributed by atoms with Crippen molar-refractivity contribution in [1.82, 2.24) is 4.98 Å². The Morgan fingerprint density at radius 1 is 1.25 bits per heavy atom. The molecule has 0 unspecified atom stereocenters. The van der Waals surface area contributed by atoms with Crippen molar-refractivity contribution in [2.45, 2.75) is 11.9 Å². The maximum absolute atomic E-state index is 9.64. The van der Waals surface area contributed by atoms with Gasteiger partial charge in [0, 0.05) is 16.0 Å². The van der Waals surface area contributed by atoms with Crippen molar-refractivity contribution < 1.29 is 4.74 Å². The third kappa shape index (κ3) is 3.30.